The molecule has 1 atom stereocenters. The lowest BCUT2D eigenvalue weighted by atomic mass is 10.1. The van der Waals surface area contributed by atoms with Crippen molar-refractivity contribution in [3.63, 3.8) is 0 Å². The van der Waals surface area contributed by atoms with Gasteiger partial charge in [0.2, 0.25) is 8.03 Å². The maximum absolute atomic E-state index is 11.0. The number of rotatable bonds is 1. The van der Waals surface area contributed by atoms with Crippen molar-refractivity contribution >= 4 is 29.8 Å². The molecule has 0 spiro atoms. The summed E-state index contributed by atoms with van der Waals surface area (Å²) in [5, 5.41) is 1.85. The summed E-state index contributed by atoms with van der Waals surface area (Å²) in [7, 11) is -2.71. The van der Waals surface area contributed by atoms with Crippen LogP contribution < -0.4 is 11.0 Å². The number of nitrogen functional groups attached to an aromatic ring is 1. The van der Waals surface area contributed by atoms with Crippen LogP contribution in [0.1, 0.15) is 0 Å². The van der Waals surface area contributed by atoms with Gasteiger partial charge in [0.05, 0.1) is 0 Å². The summed E-state index contributed by atoms with van der Waals surface area (Å²) in [5.74, 6) is 0. The van der Waals surface area contributed by atoms with Gasteiger partial charge in [0, 0.05) is 16.4 Å². The van der Waals surface area contributed by atoms with Crippen LogP contribution in [0.3, 0.4) is 0 Å². The highest BCUT2D eigenvalue weighted by molar-refractivity contribution is 7.48. The lowest BCUT2D eigenvalue weighted by Crippen LogP contribution is -1.99. The molecular weight excluding hydrogens is 197 g/mol. The molecule has 2 rings (SSSR count). The van der Waals surface area contributed by atoms with Crippen molar-refractivity contribution in [1.29, 1.82) is 0 Å². The van der Waals surface area contributed by atoms with Crippen LogP contribution in [-0.4, -0.2) is 4.89 Å². The average molecular weight is 206 g/mol. The van der Waals surface area contributed by atoms with E-state index in [1.807, 2.05) is 0 Å². The van der Waals surface area contributed by atoms with Gasteiger partial charge in [-0.3, -0.25) is 4.57 Å². The molecule has 0 saturated heterocycles. The number of nitrogens with two attached hydrogens (primary N) is 1. The number of benzene rings is 2. The first kappa shape index (κ1) is 9.25. The smallest absolute Gasteiger partial charge is 0.219 e. The third kappa shape index (κ3) is 1.41. The van der Waals surface area contributed by atoms with Crippen molar-refractivity contribution in [1.82, 2.24) is 0 Å². The molecule has 0 aromatic heterocycles. The highest BCUT2D eigenvalue weighted by atomic mass is 31.1. The van der Waals surface area contributed by atoms with E-state index in [2.05, 4.69) is 6.07 Å². The molecule has 3 N–H and O–H groups in total. The molecule has 2 aromatic rings. The first-order valence-electron chi connectivity index (χ1n) is 4.12. The molecule has 0 saturated carbocycles. The van der Waals surface area contributed by atoms with Crippen LogP contribution in [0.2, 0.25) is 0 Å². The van der Waals surface area contributed by atoms with Crippen LogP contribution in [0.15, 0.2) is 30.3 Å². The fraction of sp³-hybridized carbons (Fsp3) is 0. The van der Waals surface area contributed by atoms with E-state index in [1.165, 1.54) is 0 Å². The van der Waals surface area contributed by atoms with Gasteiger partial charge < -0.3 is 10.6 Å². The molecule has 2 aromatic carbocycles. The molecule has 0 amide bonds. The summed E-state index contributed by atoms with van der Waals surface area (Å²) in [6, 6.07) is 11.5. The third-order valence-electron chi connectivity index (χ3n) is 2.10. The number of fused-ring (bicyclic) bond motifs is 1. The second-order valence-electron chi connectivity index (χ2n) is 2.97. The minimum atomic E-state index is -2.71. The van der Waals surface area contributed by atoms with Crippen molar-refractivity contribution in [2.75, 3.05) is 5.73 Å². The second-order valence-corrected chi connectivity index (χ2v) is 4.08. The second kappa shape index (κ2) is 3.45. The minimum absolute atomic E-state index is 0.347. The van der Waals surface area contributed by atoms with E-state index in [1.54, 1.807) is 30.3 Å². The summed E-state index contributed by atoms with van der Waals surface area (Å²) in [4.78, 5) is 9.09. The van der Waals surface area contributed by atoms with E-state index >= 15 is 0 Å². The van der Waals surface area contributed by atoms with Gasteiger partial charge in [-0.2, -0.15) is 0 Å². The molecule has 0 bridgehead atoms. The van der Waals surface area contributed by atoms with Crippen molar-refractivity contribution < 1.29 is 9.46 Å². The molecule has 0 heterocycles. The minimum Gasteiger partial charge on any atom is -0.398 e. The predicted octanol–water partition coefficient (Wildman–Crippen LogP) is 1.31. The topological polar surface area (TPSA) is 63.3 Å². The third-order valence-corrected chi connectivity index (χ3v) is 2.94. The van der Waals surface area contributed by atoms with Gasteiger partial charge >= 0.3 is 0 Å². The quantitative estimate of drug-likeness (QED) is 0.546. The first-order valence-corrected chi connectivity index (χ1v) is 5.48. The molecule has 0 aliphatic carbocycles. The summed E-state index contributed by atoms with van der Waals surface area (Å²) in [6.45, 7) is 0. The van der Waals surface area contributed by atoms with E-state index < -0.39 is 8.03 Å². The van der Waals surface area contributed by atoms with Crippen LogP contribution in [0.5, 0.6) is 0 Å². The Kier molecular flexibility index (Phi) is 2.28. The zero-order valence-corrected chi connectivity index (χ0v) is 8.32. The lowest BCUT2D eigenvalue weighted by Gasteiger charge is -2.04. The molecule has 1 unspecified atom stereocenters. The molecule has 71 valence electrons. The molecule has 1 radical (unpaired) electrons. The Labute approximate surface area is 82.0 Å². The largest absolute Gasteiger partial charge is 0.398 e. The van der Waals surface area contributed by atoms with Crippen LogP contribution in [-0.2, 0) is 4.57 Å². The molecule has 4 heteroatoms. The monoisotopic (exact) mass is 206 g/mol. The molecular formula is C10H9NO2P. The van der Waals surface area contributed by atoms with Crippen LogP contribution in [0, 0.1) is 6.07 Å². The normalized spacial score (nSPS) is 12.9. The standard InChI is InChI=1S/C10H9NO2P/c11-9-5-1-4-8-7(9)3-2-6-10(8)14(12)13/h1-5,14H,11H2,(H,12,13). The van der Waals surface area contributed by atoms with E-state index in [4.69, 9.17) is 10.6 Å². The maximum atomic E-state index is 11.0. The SMILES string of the molecule is Nc1cccc2c([PH](=O)O)[c]ccc12. The molecule has 0 aliphatic rings. The van der Waals surface area contributed by atoms with Gasteiger partial charge in [0.1, 0.15) is 0 Å². The van der Waals surface area contributed by atoms with Crippen LogP contribution in [0.4, 0.5) is 5.69 Å². The van der Waals surface area contributed by atoms with E-state index in [9.17, 15) is 4.57 Å². The fourth-order valence-electron chi connectivity index (χ4n) is 1.45. The van der Waals surface area contributed by atoms with E-state index in [0.29, 0.717) is 16.4 Å². The van der Waals surface area contributed by atoms with Crippen molar-refractivity contribution in [3.05, 3.63) is 36.4 Å². The Hall–Kier alpha value is -1.31. The zero-order valence-electron chi connectivity index (χ0n) is 7.32. The Morgan fingerprint density at radius 1 is 1.29 bits per heavy atom. The first-order chi connectivity index (χ1) is 6.70. The van der Waals surface area contributed by atoms with E-state index in [-0.39, 0.29) is 0 Å². The Balaban J connectivity index is 2.88. The predicted molar refractivity (Wildman–Crippen MR) is 58.1 cm³/mol. The van der Waals surface area contributed by atoms with Crippen molar-refractivity contribution in [2.45, 2.75) is 0 Å². The summed E-state index contributed by atoms with van der Waals surface area (Å²) < 4.78 is 11.0. The average Bonchev–Trinajstić information content (AvgIpc) is 2.17. The molecule has 14 heavy (non-hydrogen) atoms. The van der Waals surface area contributed by atoms with Gasteiger partial charge in [-0.05, 0) is 17.5 Å². The number of hydrogen-bond donors (Lipinski definition) is 2. The number of anilines is 1. The summed E-state index contributed by atoms with van der Waals surface area (Å²) >= 11 is 0. The van der Waals surface area contributed by atoms with Crippen molar-refractivity contribution in [2.24, 2.45) is 0 Å². The van der Waals surface area contributed by atoms with Gasteiger partial charge in [0.25, 0.3) is 0 Å². The summed E-state index contributed by atoms with van der Waals surface area (Å²) in [6.07, 6.45) is 0. The Morgan fingerprint density at radius 3 is 2.79 bits per heavy atom. The zero-order chi connectivity index (χ0) is 10.1. The van der Waals surface area contributed by atoms with Crippen LogP contribution in [0.25, 0.3) is 10.8 Å². The maximum Gasteiger partial charge on any atom is 0.219 e. The van der Waals surface area contributed by atoms with Crippen LogP contribution >= 0.6 is 8.03 Å². The molecule has 0 fully saturated rings. The highest BCUT2D eigenvalue weighted by Gasteiger charge is 2.06. The highest BCUT2D eigenvalue weighted by Crippen LogP contribution is 2.24. The number of hydrogen-bond acceptors (Lipinski definition) is 2. The van der Waals surface area contributed by atoms with E-state index in [0.717, 1.165) is 5.39 Å². The Morgan fingerprint density at radius 2 is 2.07 bits per heavy atom. The fourth-order valence-corrected chi connectivity index (χ4v) is 2.11. The van der Waals surface area contributed by atoms with Crippen molar-refractivity contribution in [3.8, 4) is 0 Å². The van der Waals surface area contributed by atoms with Gasteiger partial charge in [-0.1, -0.05) is 24.3 Å². The molecule has 0 aliphatic heterocycles. The van der Waals surface area contributed by atoms with Gasteiger partial charge in [-0.25, -0.2) is 0 Å². The van der Waals surface area contributed by atoms with Gasteiger partial charge in [-0.15, -0.1) is 0 Å². The molecule has 3 nitrogen and oxygen atoms in total. The van der Waals surface area contributed by atoms with Gasteiger partial charge in [0.15, 0.2) is 0 Å². The Bertz CT molecular complexity index is 510. The lowest BCUT2D eigenvalue weighted by molar-refractivity contribution is 0.513. The summed E-state index contributed by atoms with van der Waals surface area (Å²) in [5.41, 5.74) is 6.35.